The molecular formula is C12H14N4OS. The van der Waals surface area contributed by atoms with E-state index in [0.717, 1.165) is 22.5 Å². The van der Waals surface area contributed by atoms with Gasteiger partial charge in [0.25, 0.3) is 0 Å². The van der Waals surface area contributed by atoms with Crippen molar-refractivity contribution in [1.29, 1.82) is 0 Å². The van der Waals surface area contributed by atoms with Gasteiger partial charge in [0.1, 0.15) is 5.75 Å². The summed E-state index contributed by atoms with van der Waals surface area (Å²) >= 11 is 1.70. The summed E-state index contributed by atoms with van der Waals surface area (Å²) in [5.74, 6) is 2.15. The second kappa shape index (κ2) is 4.97. The van der Waals surface area contributed by atoms with Gasteiger partial charge in [-0.05, 0) is 53.5 Å². The monoisotopic (exact) mass is 262 g/mol. The molecule has 1 aromatic heterocycles. The number of hydrogen-bond acceptors (Lipinski definition) is 5. The Labute approximate surface area is 109 Å². The third-order valence-corrected chi connectivity index (χ3v) is 4.36. The van der Waals surface area contributed by atoms with E-state index in [2.05, 4.69) is 15.5 Å². The van der Waals surface area contributed by atoms with E-state index in [9.17, 15) is 5.11 Å². The lowest BCUT2D eigenvalue weighted by molar-refractivity contribution is 0.353. The summed E-state index contributed by atoms with van der Waals surface area (Å²) < 4.78 is 1.71. The lowest BCUT2D eigenvalue weighted by atomic mass is 9.87. The van der Waals surface area contributed by atoms with Gasteiger partial charge >= 0.3 is 0 Å². The lowest BCUT2D eigenvalue weighted by Crippen LogP contribution is -2.13. The van der Waals surface area contributed by atoms with Crippen molar-refractivity contribution in [3.8, 4) is 11.4 Å². The minimum atomic E-state index is 0.246. The summed E-state index contributed by atoms with van der Waals surface area (Å²) in [7, 11) is 0. The van der Waals surface area contributed by atoms with Gasteiger partial charge in [0.2, 0.25) is 5.16 Å². The van der Waals surface area contributed by atoms with Crippen molar-refractivity contribution in [3.05, 3.63) is 24.3 Å². The third kappa shape index (κ3) is 2.33. The highest BCUT2D eigenvalue weighted by molar-refractivity contribution is 7.99. The Morgan fingerprint density at radius 1 is 1.28 bits per heavy atom. The van der Waals surface area contributed by atoms with Crippen molar-refractivity contribution in [2.75, 3.05) is 5.75 Å². The van der Waals surface area contributed by atoms with Crippen LogP contribution < -0.4 is 0 Å². The van der Waals surface area contributed by atoms with Gasteiger partial charge in [0, 0.05) is 5.75 Å². The summed E-state index contributed by atoms with van der Waals surface area (Å²) in [6.45, 7) is 0. The van der Waals surface area contributed by atoms with E-state index in [-0.39, 0.29) is 5.75 Å². The molecule has 0 radical (unpaired) electrons. The van der Waals surface area contributed by atoms with Crippen LogP contribution in [0.4, 0.5) is 0 Å². The second-order valence-corrected chi connectivity index (χ2v) is 5.48. The van der Waals surface area contributed by atoms with Crippen LogP contribution in [0, 0.1) is 5.92 Å². The van der Waals surface area contributed by atoms with Crippen LogP contribution in [-0.4, -0.2) is 31.1 Å². The van der Waals surface area contributed by atoms with E-state index in [0.29, 0.717) is 0 Å². The van der Waals surface area contributed by atoms with Gasteiger partial charge in [-0.15, -0.1) is 5.10 Å². The summed E-state index contributed by atoms with van der Waals surface area (Å²) in [4.78, 5) is 0. The Balaban J connectivity index is 1.75. The standard InChI is InChI=1S/C12H14N4OS/c17-11-6-4-10(5-7-11)16-12(13-14-15-16)18-8-9-2-1-3-9/h4-7,9,17H,1-3,8H2. The zero-order valence-electron chi connectivity index (χ0n) is 9.86. The summed E-state index contributed by atoms with van der Waals surface area (Å²) in [6.07, 6.45) is 4.01. The fourth-order valence-corrected chi connectivity index (χ4v) is 2.95. The Morgan fingerprint density at radius 2 is 2.06 bits per heavy atom. The molecule has 1 aliphatic carbocycles. The van der Waals surface area contributed by atoms with E-state index in [1.54, 1.807) is 40.7 Å². The predicted molar refractivity (Wildman–Crippen MR) is 68.9 cm³/mol. The van der Waals surface area contributed by atoms with Crippen LogP contribution in [0.2, 0.25) is 0 Å². The van der Waals surface area contributed by atoms with Crippen LogP contribution >= 0.6 is 11.8 Å². The van der Waals surface area contributed by atoms with E-state index in [4.69, 9.17) is 0 Å². The third-order valence-electron chi connectivity index (χ3n) is 3.21. The largest absolute Gasteiger partial charge is 0.508 e. The Morgan fingerprint density at radius 3 is 2.72 bits per heavy atom. The number of phenolic OH excluding ortho intramolecular Hbond substituents is 1. The maximum absolute atomic E-state index is 9.27. The molecule has 94 valence electrons. The van der Waals surface area contributed by atoms with Gasteiger partial charge < -0.3 is 5.11 Å². The lowest BCUT2D eigenvalue weighted by Gasteiger charge is -2.24. The number of rotatable bonds is 4. The minimum Gasteiger partial charge on any atom is -0.508 e. The van der Waals surface area contributed by atoms with Gasteiger partial charge in [-0.3, -0.25) is 0 Å². The molecule has 0 spiro atoms. The molecule has 18 heavy (non-hydrogen) atoms. The molecule has 1 saturated carbocycles. The second-order valence-electron chi connectivity index (χ2n) is 4.50. The van der Waals surface area contributed by atoms with Crippen molar-refractivity contribution in [2.45, 2.75) is 24.4 Å². The van der Waals surface area contributed by atoms with Crippen molar-refractivity contribution in [1.82, 2.24) is 20.2 Å². The summed E-state index contributed by atoms with van der Waals surface area (Å²) in [5, 5.41) is 21.8. The molecule has 0 atom stereocenters. The first kappa shape index (κ1) is 11.5. The molecule has 1 heterocycles. The molecule has 3 rings (SSSR count). The molecule has 0 amide bonds. The zero-order valence-corrected chi connectivity index (χ0v) is 10.7. The topological polar surface area (TPSA) is 63.8 Å². The highest BCUT2D eigenvalue weighted by atomic mass is 32.2. The smallest absolute Gasteiger partial charge is 0.214 e. The maximum Gasteiger partial charge on any atom is 0.214 e. The van der Waals surface area contributed by atoms with Crippen LogP contribution in [0.25, 0.3) is 5.69 Å². The number of tetrazole rings is 1. The molecule has 0 unspecified atom stereocenters. The minimum absolute atomic E-state index is 0.246. The van der Waals surface area contributed by atoms with Gasteiger partial charge in [-0.25, -0.2) is 0 Å². The predicted octanol–water partition coefficient (Wildman–Crippen LogP) is 2.26. The number of thioether (sulfide) groups is 1. The van der Waals surface area contributed by atoms with E-state index in [1.807, 2.05) is 0 Å². The first-order chi connectivity index (χ1) is 8.83. The number of benzene rings is 1. The van der Waals surface area contributed by atoms with Gasteiger partial charge in [-0.2, -0.15) is 4.68 Å². The van der Waals surface area contributed by atoms with Crippen LogP contribution in [0.5, 0.6) is 5.75 Å². The molecule has 0 saturated heterocycles. The quantitative estimate of drug-likeness (QED) is 0.856. The van der Waals surface area contributed by atoms with Crippen molar-refractivity contribution in [3.63, 3.8) is 0 Å². The molecule has 2 aromatic rings. The maximum atomic E-state index is 9.27. The normalized spacial score (nSPS) is 15.6. The number of phenols is 1. The molecule has 1 fully saturated rings. The number of aromatic hydroxyl groups is 1. The van der Waals surface area contributed by atoms with Crippen LogP contribution in [0.15, 0.2) is 29.4 Å². The molecule has 1 aliphatic rings. The molecule has 5 nitrogen and oxygen atoms in total. The Kier molecular flexibility index (Phi) is 3.19. The van der Waals surface area contributed by atoms with Crippen molar-refractivity contribution < 1.29 is 5.11 Å². The van der Waals surface area contributed by atoms with Crippen LogP contribution in [-0.2, 0) is 0 Å². The first-order valence-electron chi connectivity index (χ1n) is 6.03. The molecule has 1 N–H and O–H groups in total. The Bertz CT molecular complexity index is 521. The molecule has 0 aliphatic heterocycles. The van der Waals surface area contributed by atoms with Crippen LogP contribution in [0.1, 0.15) is 19.3 Å². The van der Waals surface area contributed by atoms with Crippen molar-refractivity contribution >= 4 is 11.8 Å². The highest BCUT2D eigenvalue weighted by Gasteiger charge is 2.19. The van der Waals surface area contributed by atoms with E-state index < -0.39 is 0 Å². The van der Waals surface area contributed by atoms with E-state index in [1.165, 1.54) is 19.3 Å². The number of nitrogens with zero attached hydrogens (tertiary/aromatic N) is 4. The summed E-state index contributed by atoms with van der Waals surface area (Å²) in [5.41, 5.74) is 0.869. The fourth-order valence-electron chi connectivity index (χ4n) is 1.88. The van der Waals surface area contributed by atoms with Gasteiger partial charge in [-0.1, -0.05) is 18.2 Å². The number of hydrogen-bond donors (Lipinski definition) is 1. The average Bonchev–Trinajstić information content (AvgIpc) is 2.76. The highest BCUT2D eigenvalue weighted by Crippen LogP contribution is 2.32. The molecular weight excluding hydrogens is 248 g/mol. The number of aromatic nitrogens is 4. The van der Waals surface area contributed by atoms with Gasteiger partial charge in [0.05, 0.1) is 5.69 Å². The molecule has 0 bridgehead atoms. The fraction of sp³-hybridized carbons (Fsp3) is 0.417. The zero-order chi connectivity index (χ0) is 12.4. The average molecular weight is 262 g/mol. The Hall–Kier alpha value is -1.56. The molecule has 1 aromatic carbocycles. The van der Waals surface area contributed by atoms with Gasteiger partial charge in [0.15, 0.2) is 0 Å². The SMILES string of the molecule is Oc1ccc(-n2nnnc2SCC2CCC2)cc1. The van der Waals surface area contributed by atoms with E-state index >= 15 is 0 Å². The first-order valence-corrected chi connectivity index (χ1v) is 7.02. The van der Waals surface area contributed by atoms with Crippen molar-refractivity contribution in [2.24, 2.45) is 5.92 Å². The van der Waals surface area contributed by atoms with Crippen LogP contribution in [0.3, 0.4) is 0 Å². The molecule has 6 heteroatoms. The summed E-state index contributed by atoms with van der Waals surface area (Å²) in [6, 6.07) is 6.88.